The number of hydrogen-bond donors (Lipinski definition) is 1. The number of halogens is 2. The third kappa shape index (κ3) is 4.34. The molecule has 1 aliphatic rings. The molecule has 0 aliphatic carbocycles. The maximum atomic E-state index is 14.4. The molecule has 28 heavy (non-hydrogen) atoms. The first-order chi connectivity index (χ1) is 13.2. The molecule has 0 spiro atoms. The fourth-order valence-electron chi connectivity index (χ4n) is 3.08. The SMILES string of the molecule is CCC(=O)N1N=C(c2ccc(NS(C)(=O)=O)cc2)C[C@@H]1c1c(F)cccc1Cl. The van der Waals surface area contributed by atoms with Gasteiger partial charge in [-0.1, -0.05) is 36.7 Å². The maximum absolute atomic E-state index is 14.4. The van der Waals surface area contributed by atoms with E-state index in [0.717, 1.165) is 6.26 Å². The lowest BCUT2D eigenvalue weighted by molar-refractivity contribution is -0.132. The van der Waals surface area contributed by atoms with E-state index in [2.05, 4.69) is 9.82 Å². The second-order valence-electron chi connectivity index (χ2n) is 6.45. The molecular weight excluding hydrogens is 405 g/mol. The van der Waals surface area contributed by atoms with Crippen molar-refractivity contribution in [3.05, 3.63) is 64.4 Å². The number of nitrogens with one attached hydrogen (secondary N) is 1. The number of anilines is 1. The number of hydrazone groups is 1. The second-order valence-corrected chi connectivity index (χ2v) is 8.60. The highest BCUT2D eigenvalue weighted by Crippen LogP contribution is 2.38. The van der Waals surface area contributed by atoms with Crippen molar-refractivity contribution in [3.8, 4) is 0 Å². The van der Waals surface area contributed by atoms with Crippen molar-refractivity contribution < 1.29 is 17.6 Å². The lowest BCUT2D eigenvalue weighted by Gasteiger charge is -2.22. The van der Waals surface area contributed by atoms with Gasteiger partial charge in [0.15, 0.2) is 0 Å². The van der Waals surface area contributed by atoms with Crippen molar-refractivity contribution in [2.45, 2.75) is 25.8 Å². The first kappa shape index (κ1) is 20.3. The van der Waals surface area contributed by atoms with Crippen LogP contribution in [0.15, 0.2) is 47.6 Å². The van der Waals surface area contributed by atoms with Crippen molar-refractivity contribution >= 4 is 38.9 Å². The fourth-order valence-corrected chi connectivity index (χ4v) is 3.93. The lowest BCUT2D eigenvalue weighted by atomic mass is 9.97. The number of carbonyl (C=O) groups excluding carboxylic acids is 1. The molecule has 0 radical (unpaired) electrons. The molecule has 3 rings (SSSR count). The minimum Gasteiger partial charge on any atom is -0.284 e. The van der Waals surface area contributed by atoms with E-state index in [1.165, 1.54) is 17.1 Å². The van der Waals surface area contributed by atoms with Crippen molar-refractivity contribution in [2.24, 2.45) is 5.10 Å². The molecule has 1 amide bonds. The van der Waals surface area contributed by atoms with Crippen LogP contribution in [0.25, 0.3) is 0 Å². The van der Waals surface area contributed by atoms with Gasteiger partial charge in [-0.2, -0.15) is 5.10 Å². The third-order valence-corrected chi connectivity index (χ3v) is 5.26. The Bertz CT molecular complexity index is 1020. The fraction of sp³-hybridized carbons (Fsp3) is 0.263. The molecule has 148 valence electrons. The molecule has 1 aliphatic heterocycles. The zero-order valence-corrected chi connectivity index (χ0v) is 16.9. The van der Waals surface area contributed by atoms with Gasteiger partial charge in [0.05, 0.1) is 18.0 Å². The molecule has 0 bridgehead atoms. The molecule has 0 unspecified atom stereocenters. The molecule has 0 fully saturated rings. The van der Waals surface area contributed by atoms with Crippen LogP contribution in [-0.2, 0) is 14.8 Å². The molecule has 2 aromatic rings. The molecule has 0 aromatic heterocycles. The van der Waals surface area contributed by atoms with E-state index in [-0.39, 0.29) is 22.9 Å². The summed E-state index contributed by atoms with van der Waals surface area (Å²) in [5.74, 6) is -0.731. The first-order valence-corrected chi connectivity index (χ1v) is 10.9. The number of benzene rings is 2. The van der Waals surface area contributed by atoms with E-state index >= 15 is 0 Å². The Morgan fingerprint density at radius 2 is 1.96 bits per heavy atom. The predicted molar refractivity (Wildman–Crippen MR) is 107 cm³/mol. The molecule has 1 N–H and O–H groups in total. The average molecular weight is 424 g/mol. The summed E-state index contributed by atoms with van der Waals surface area (Å²) in [6, 6.07) is 10.4. The van der Waals surface area contributed by atoms with Crippen LogP contribution in [0.3, 0.4) is 0 Å². The van der Waals surface area contributed by atoms with Gasteiger partial charge in [0, 0.05) is 29.1 Å². The topological polar surface area (TPSA) is 78.8 Å². The smallest absolute Gasteiger partial charge is 0.242 e. The van der Waals surface area contributed by atoms with Crippen LogP contribution in [0.1, 0.15) is 36.9 Å². The molecule has 9 heteroatoms. The standard InChI is InChI=1S/C19H19ClFN3O3S/c1-3-18(25)24-17(19-14(20)5-4-6-15(19)21)11-16(22-24)12-7-9-13(10-8-12)23-28(2,26)27/h4-10,17,23H,3,11H2,1-2H3/t17-/m1/s1. The molecule has 1 heterocycles. The van der Waals surface area contributed by atoms with Crippen LogP contribution in [0.5, 0.6) is 0 Å². The van der Waals surface area contributed by atoms with Crippen LogP contribution in [0, 0.1) is 5.82 Å². The van der Waals surface area contributed by atoms with E-state index in [9.17, 15) is 17.6 Å². The van der Waals surface area contributed by atoms with Gasteiger partial charge in [0.1, 0.15) is 5.82 Å². The third-order valence-electron chi connectivity index (χ3n) is 4.32. The lowest BCUT2D eigenvalue weighted by Crippen LogP contribution is -2.27. The first-order valence-electron chi connectivity index (χ1n) is 8.61. The minimum atomic E-state index is -3.38. The quantitative estimate of drug-likeness (QED) is 0.791. The van der Waals surface area contributed by atoms with Gasteiger partial charge in [0.25, 0.3) is 0 Å². The Morgan fingerprint density at radius 3 is 2.54 bits per heavy atom. The zero-order valence-electron chi connectivity index (χ0n) is 15.3. The normalized spacial score (nSPS) is 16.8. The summed E-state index contributed by atoms with van der Waals surface area (Å²) >= 11 is 6.20. The summed E-state index contributed by atoms with van der Waals surface area (Å²) in [6.45, 7) is 1.71. The summed E-state index contributed by atoms with van der Waals surface area (Å²) in [5, 5.41) is 5.93. The minimum absolute atomic E-state index is 0.219. The average Bonchev–Trinajstić information content (AvgIpc) is 3.05. The van der Waals surface area contributed by atoms with Crippen molar-refractivity contribution in [1.82, 2.24) is 5.01 Å². The summed E-state index contributed by atoms with van der Waals surface area (Å²) in [7, 11) is -3.38. The van der Waals surface area contributed by atoms with Crippen LogP contribution in [0.4, 0.5) is 10.1 Å². The van der Waals surface area contributed by atoms with Gasteiger partial charge in [0.2, 0.25) is 15.9 Å². The maximum Gasteiger partial charge on any atom is 0.242 e. The molecule has 0 saturated carbocycles. The molecular formula is C19H19ClFN3O3S. The Hall–Kier alpha value is -2.45. The highest BCUT2D eigenvalue weighted by atomic mass is 35.5. The Balaban J connectivity index is 1.94. The van der Waals surface area contributed by atoms with Gasteiger partial charge in [-0.25, -0.2) is 17.8 Å². The number of nitrogens with zero attached hydrogens (tertiary/aromatic N) is 2. The van der Waals surface area contributed by atoms with E-state index in [1.807, 2.05) is 0 Å². The monoisotopic (exact) mass is 423 g/mol. The zero-order chi connectivity index (χ0) is 20.5. The van der Waals surface area contributed by atoms with Crippen molar-refractivity contribution in [1.29, 1.82) is 0 Å². The van der Waals surface area contributed by atoms with E-state index in [0.29, 0.717) is 23.4 Å². The largest absolute Gasteiger partial charge is 0.284 e. The summed E-state index contributed by atoms with van der Waals surface area (Å²) in [4.78, 5) is 12.4. The van der Waals surface area contributed by atoms with Gasteiger partial charge < -0.3 is 0 Å². The molecule has 1 atom stereocenters. The Labute approximate surface area is 168 Å². The number of rotatable bonds is 5. The van der Waals surface area contributed by atoms with Crippen LogP contribution >= 0.6 is 11.6 Å². The Kier molecular flexibility index (Phi) is 5.71. The van der Waals surface area contributed by atoms with Gasteiger partial charge in [-0.3, -0.25) is 9.52 Å². The van der Waals surface area contributed by atoms with Gasteiger partial charge in [-0.05, 0) is 29.8 Å². The van der Waals surface area contributed by atoms with Gasteiger partial charge >= 0.3 is 0 Å². The van der Waals surface area contributed by atoms with Crippen molar-refractivity contribution in [3.63, 3.8) is 0 Å². The van der Waals surface area contributed by atoms with E-state index < -0.39 is 21.9 Å². The van der Waals surface area contributed by atoms with E-state index in [1.54, 1.807) is 37.3 Å². The number of carbonyl (C=O) groups is 1. The summed E-state index contributed by atoms with van der Waals surface area (Å²) in [5.41, 5.74) is 1.96. The molecule has 2 aromatic carbocycles. The summed E-state index contributed by atoms with van der Waals surface area (Å²) in [6.07, 6.45) is 1.58. The highest BCUT2D eigenvalue weighted by Gasteiger charge is 2.35. The van der Waals surface area contributed by atoms with Crippen molar-refractivity contribution in [2.75, 3.05) is 11.0 Å². The van der Waals surface area contributed by atoms with Gasteiger partial charge in [-0.15, -0.1) is 0 Å². The van der Waals surface area contributed by atoms with E-state index in [4.69, 9.17) is 11.6 Å². The highest BCUT2D eigenvalue weighted by molar-refractivity contribution is 7.92. The van der Waals surface area contributed by atoms with Crippen LogP contribution < -0.4 is 4.72 Å². The number of hydrogen-bond acceptors (Lipinski definition) is 4. The van der Waals surface area contributed by atoms with Crippen LogP contribution in [-0.4, -0.2) is 31.3 Å². The predicted octanol–water partition coefficient (Wildman–Crippen LogP) is 3.94. The molecule has 6 nitrogen and oxygen atoms in total. The number of sulfonamides is 1. The summed E-state index contributed by atoms with van der Waals surface area (Å²) < 4.78 is 39.5. The van der Waals surface area contributed by atoms with Crippen LogP contribution in [0.2, 0.25) is 5.02 Å². The second kappa shape index (κ2) is 7.89. The number of amides is 1. The molecule has 0 saturated heterocycles. The Morgan fingerprint density at radius 1 is 1.29 bits per heavy atom.